The molecule has 1 aliphatic rings. The molecule has 3 aromatic rings. The maximum Gasteiger partial charge on any atom is 0.268 e. The maximum atomic E-state index is 12.7. The fourth-order valence-corrected chi connectivity index (χ4v) is 3.65. The van der Waals surface area contributed by atoms with Crippen LogP contribution in [-0.2, 0) is 4.74 Å². The number of carbonyl (C=O) groups excluding carboxylic acids is 1. The molecular weight excluding hydrogens is 394 g/mol. The van der Waals surface area contributed by atoms with E-state index in [2.05, 4.69) is 25.6 Å². The smallest absolute Gasteiger partial charge is 0.268 e. The molecule has 2 unspecified atom stereocenters. The van der Waals surface area contributed by atoms with E-state index >= 15 is 0 Å². The van der Waals surface area contributed by atoms with E-state index in [1.807, 2.05) is 37.3 Å². The summed E-state index contributed by atoms with van der Waals surface area (Å²) < 4.78 is 5.63. The molecule has 1 aromatic carbocycles. The minimum Gasteiger partial charge on any atom is -0.394 e. The van der Waals surface area contributed by atoms with E-state index in [9.17, 15) is 9.90 Å². The number of amides is 1. The second-order valence-electron chi connectivity index (χ2n) is 7.66. The molecule has 162 valence electrons. The van der Waals surface area contributed by atoms with Gasteiger partial charge in [-0.3, -0.25) is 4.79 Å². The summed E-state index contributed by atoms with van der Waals surface area (Å²) in [6, 6.07) is 10.7. The Balaban J connectivity index is 1.46. The topological polar surface area (TPSA) is 112 Å². The Kier molecular flexibility index (Phi) is 6.59. The van der Waals surface area contributed by atoms with E-state index in [-0.39, 0.29) is 18.6 Å². The number of anilines is 1. The Hall–Kier alpha value is -3.23. The molecule has 0 spiro atoms. The number of hydrogen-bond donors (Lipinski definition) is 4. The first-order chi connectivity index (χ1) is 15.1. The van der Waals surface area contributed by atoms with Crippen molar-refractivity contribution >= 4 is 11.9 Å². The number of aromatic nitrogens is 3. The number of carbonyl (C=O) groups is 1. The second-order valence-corrected chi connectivity index (χ2v) is 7.66. The van der Waals surface area contributed by atoms with Gasteiger partial charge in [0.1, 0.15) is 5.69 Å². The van der Waals surface area contributed by atoms with Crippen molar-refractivity contribution in [2.24, 2.45) is 0 Å². The molecule has 1 aliphatic heterocycles. The van der Waals surface area contributed by atoms with Crippen LogP contribution < -0.4 is 10.6 Å². The van der Waals surface area contributed by atoms with Gasteiger partial charge in [0.2, 0.25) is 5.95 Å². The summed E-state index contributed by atoms with van der Waals surface area (Å²) in [6.45, 7) is 3.23. The van der Waals surface area contributed by atoms with Crippen LogP contribution >= 0.6 is 0 Å². The Morgan fingerprint density at radius 2 is 2.19 bits per heavy atom. The summed E-state index contributed by atoms with van der Waals surface area (Å²) >= 11 is 0. The van der Waals surface area contributed by atoms with Crippen LogP contribution in [0.4, 0.5) is 5.95 Å². The molecule has 31 heavy (non-hydrogen) atoms. The van der Waals surface area contributed by atoms with Crippen molar-refractivity contribution in [2.75, 3.05) is 25.1 Å². The predicted molar refractivity (Wildman–Crippen MR) is 118 cm³/mol. The quantitative estimate of drug-likeness (QED) is 0.445. The normalized spacial score (nSPS) is 16.8. The minimum atomic E-state index is -0.477. The Morgan fingerprint density at radius 1 is 1.35 bits per heavy atom. The molecule has 4 N–H and O–H groups in total. The van der Waals surface area contributed by atoms with E-state index in [0.29, 0.717) is 18.2 Å². The highest BCUT2D eigenvalue weighted by atomic mass is 16.5. The molecule has 1 fully saturated rings. The third-order valence-electron chi connectivity index (χ3n) is 5.37. The third-order valence-corrected chi connectivity index (χ3v) is 5.37. The molecule has 0 saturated carbocycles. The highest BCUT2D eigenvalue weighted by Crippen LogP contribution is 2.23. The fourth-order valence-electron chi connectivity index (χ4n) is 3.65. The maximum absolute atomic E-state index is 12.7. The summed E-state index contributed by atoms with van der Waals surface area (Å²) in [5.74, 6) is 0.241. The van der Waals surface area contributed by atoms with Gasteiger partial charge in [-0.2, -0.15) is 0 Å². The fraction of sp³-hybridized carbons (Fsp3) is 0.348. The van der Waals surface area contributed by atoms with Crippen molar-refractivity contribution in [1.29, 1.82) is 0 Å². The van der Waals surface area contributed by atoms with E-state index < -0.39 is 6.04 Å². The van der Waals surface area contributed by atoms with Gasteiger partial charge in [0, 0.05) is 31.1 Å². The van der Waals surface area contributed by atoms with Crippen molar-refractivity contribution in [3.63, 3.8) is 0 Å². The van der Waals surface area contributed by atoms with Crippen molar-refractivity contribution in [3.05, 3.63) is 65.6 Å². The summed E-state index contributed by atoms with van der Waals surface area (Å²) in [6.07, 6.45) is 5.84. The zero-order chi connectivity index (χ0) is 21.6. The molecule has 8 heteroatoms. The van der Waals surface area contributed by atoms with Crippen LogP contribution in [0.2, 0.25) is 0 Å². The van der Waals surface area contributed by atoms with Gasteiger partial charge in [0.05, 0.1) is 24.4 Å². The Morgan fingerprint density at radius 3 is 2.94 bits per heavy atom. The number of nitrogens with one attached hydrogen (secondary N) is 3. The first kappa shape index (κ1) is 21.0. The highest BCUT2D eigenvalue weighted by molar-refractivity contribution is 5.94. The number of benzene rings is 1. The van der Waals surface area contributed by atoms with Gasteiger partial charge >= 0.3 is 0 Å². The number of aliphatic hydroxyl groups excluding tert-OH is 1. The average Bonchev–Trinajstić information content (AvgIpc) is 3.50. The molecule has 2 aromatic heterocycles. The van der Waals surface area contributed by atoms with Crippen molar-refractivity contribution in [1.82, 2.24) is 20.3 Å². The van der Waals surface area contributed by atoms with Gasteiger partial charge in [0.25, 0.3) is 5.91 Å². The number of nitrogens with zero attached hydrogens (tertiary/aromatic N) is 2. The molecule has 8 nitrogen and oxygen atoms in total. The van der Waals surface area contributed by atoms with Crippen molar-refractivity contribution in [2.45, 2.75) is 31.9 Å². The van der Waals surface area contributed by atoms with Crippen LogP contribution in [0.15, 0.2) is 48.8 Å². The average molecular weight is 422 g/mol. The SMILES string of the molecule is Cc1cnc(NCC2CCCO2)nc1-c1c[nH]c(C(=O)NC(CO)c2ccccc2)c1. The number of ether oxygens (including phenoxy) is 1. The lowest BCUT2D eigenvalue weighted by atomic mass is 10.1. The van der Waals surface area contributed by atoms with Gasteiger partial charge in [-0.1, -0.05) is 30.3 Å². The molecule has 2 atom stereocenters. The number of hydrogen-bond acceptors (Lipinski definition) is 6. The van der Waals surface area contributed by atoms with Crippen LogP contribution in [0.1, 0.15) is 40.5 Å². The first-order valence-electron chi connectivity index (χ1n) is 10.5. The molecule has 1 saturated heterocycles. The molecular formula is C23H27N5O3. The van der Waals surface area contributed by atoms with Crippen LogP contribution in [0.5, 0.6) is 0 Å². The number of H-pyrrole nitrogens is 1. The summed E-state index contributed by atoms with van der Waals surface area (Å²) in [5.41, 5.74) is 3.70. The van der Waals surface area contributed by atoms with Crippen LogP contribution in [0.3, 0.4) is 0 Å². The summed E-state index contributed by atoms with van der Waals surface area (Å²) in [7, 11) is 0. The van der Waals surface area contributed by atoms with Crippen molar-refractivity contribution in [3.8, 4) is 11.3 Å². The molecule has 3 heterocycles. The number of aromatic amines is 1. The second kappa shape index (κ2) is 9.72. The van der Waals surface area contributed by atoms with Crippen LogP contribution in [0, 0.1) is 6.92 Å². The number of aryl methyl sites for hydroxylation is 1. The molecule has 4 rings (SSSR count). The standard InChI is InChI=1S/C23H27N5O3/c1-15-11-25-23(26-13-18-8-5-9-31-18)28-21(15)17-10-19(24-12-17)22(30)27-20(14-29)16-6-3-2-4-7-16/h2-4,6-7,10-12,18,20,24,29H,5,8-9,13-14H2,1H3,(H,27,30)(H,25,26,28). The largest absolute Gasteiger partial charge is 0.394 e. The Labute approximate surface area is 181 Å². The monoisotopic (exact) mass is 421 g/mol. The van der Waals surface area contributed by atoms with Gasteiger partial charge in [-0.05, 0) is 37.0 Å². The zero-order valence-corrected chi connectivity index (χ0v) is 17.5. The third kappa shape index (κ3) is 5.10. The highest BCUT2D eigenvalue weighted by Gasteiger charge is 2.18. The lowest BCUT2D eigenvalue weighted by Gasteiger charge is -2.16. The van der Waals surface area contributed by atoms with Crippen LogP contribution in [0.25, 0.3) is 11.3 Å². The van der Waals surface area contributed by atoms with Gasteiger partial charge in [0.15, 0.2) is 0 Å². The van der Waals surface area contributed by atoms with E-state index in [1.54, 1.807) is 18.5 Å². The lowest BCUT2D eigenvalue weighted by molar-refractivity contribution is 0.0911. The Bertz CT molecular complexity index is 1020. The van der Waals surface area contributed by atoms with Gasteiger partial charge in [-0.25, -0.2) is 9.97 Å². The molecule has 1 amide bonds. The van der Waals surface area contributed by atoms with Crippen LogP contribution in [-0.4, -0.2) is 51.8 Å². The van der Waals surface area contributed by atoms with E-state index in [0.717, 1.165) is 41.8 Å². The van der Waals surface area contributed by atoms with E-state index in [4.69, 9.17) is 4.74 Å². The summed E-state index contributed by atoms with van der Waals surface area (Å²) in [5, 5.41) is 15.8. The van der Waals surface area contributed by atoms with E-state index in [1.165, 1.54) is 0 Å². The molecule has 0 aliphatic carbocycles. The predicted octanol–water partition coefficient (Wildman–Crippen LogP) is 2.83. The summed E-state index contributed by atoms with van der Waals surface area (Å²) in [4.78, 5) is 24.7. The number of rotatable bonds is 8. The van der Waals surface area contributed by atoms with Gasteiger partial charge < -0.3 is 25.5 Å². The lowest BCUT2D eigenvalue weighted by Crippen LogP contribution is -2.30. The van der Waals surface area contributed by atoms with Crippen molar-refractivity contribution < 1.29 is 14.6 Å². The first-order valence-corrected chi connectivity index (χ1v) is 10.5. The number of aliphatic hydroxyl groups is 1. The molecule has 0 bridgehead atoms. The molecule has 0 radical (unpaired) electrons. The zero-order valence-electron chi connectivity index (χ0n) is 17.5. The van der Waals surface area contributed by atoms with Gasteiger partial charge in [-0.15, -0.1) is 0 Å². The minimum absolute atomic E-state index is 0.186.